The minimum absolute atomic E-state index is 0.218. The summed E-state index contributed by atoms with van der Waals surface area (Å²) in [5.41, 5.74) is 3.39. The van der Waals surface area contributed by atoms with Gasteiger partial charge in [-0.05, 0) is 107 Å². The van der Waals surface area contributed by atoms with Crippen molar-refractivity contribution < 1.29 is 14.3 Å². The van der Waals surface area contributed by atoms with E-state index in [0.29, 0.717) is 33.0 Å². The lowest BCUT2D eigenvalue weighted by Crippen LogP contribution is -2.39. The summed E-state index contributed by atoms with van der Waals surface area (Å²) in [4.78, 5) is 33.6. The summed E-state index contributed by atoms with van der Waals surface area (Å²) >= 11 is 7.48. The molecule has 0 saturated carbocycles. The molecule has 2 heterocycles. The van der Waals surface area contributed by atoms with E-state index in [2.05, 4.69) is 45.2 Å². The van der Waals surface area contributed by atoms with E-state index in [0.717, 1.165) is 28.7 Å². The van der Waals surface area contributed by atoms with Crippen LogP contribution in [0.2, 0.25) is 0 Å². The average molecular weight is 809 g/mol. The highest BCUT2D eigenvalue weighted by Crippen LogP contribution is 2.32. The Morgan fingerprint density at radius 3 is 2.54 bits per heavy atom. The lowest BCUT2D eigenvalue weighted by atomic mass is 9.96. The summed E-state index contributed by atoms with van der Waals surface area (Å²) in [5, 5.41) is 0. The summed E-state index contributed by atoms with van der Waals surface area (Å²) < 4.78 is 15.8. The van der Waals surface area contributed by atoms with Gasteiger partial charge in [0.25, 0.3) is 5.56 Å². The van der Waals surface area contributed by atoms with E-state index in [-0.39, 0.29) is 12.2 Å². The number of halogens is 2. The Morgan fingerprint density at radius 2 is 1.85 bits per heavy atom. The molecular formula is C31H26I2N2O4S2. The molecule has 1 atom stereocenters. The highest BCUT2D eigenvalue weighted by molar-refractivity contribution is 14.1. The molecule has 0 radical (unpaired) electrons. The van der Waals surface area contributed by atoms with Crippen LogP contribution in [0.3, 0.4) is 0 Å². The summed E-state index contributed by atoms with van der Waals surface area (Å²) in [7, 11) is 0. The first kappa shape index (κ1) is 30.1. The molecule has 0 unspecified atom stereocenters. The van der Waals surface area contributed by atoms with Gasteiger partial charge in [-0.15, -0.1) is 11.8 Å². The number of carbonyl (C=O) groups is 1. The van der Waals surface area contributed by atoms with Crippen LogP contribution in [0.1, 0.15) is 36.6 Å². The molecule has 0 N–H and O–H groups in total. The molecule has 41 heavy (non-hydrogen) atoms. The van der Waals surface area contributed by atoms with E-state index in [4.69, 9.17) is 14.5 Å². The first-order chi connectivity index (χ1) is 19.8. The Labute approximate surface area is 273 Å². The fraction of sp³-hybridized carbons (Fsp3) is 0.194. The molecule has 4 aromatic rings. The van der Waals surface area contributed by atoms with Gasteiger partial charge in [0.05, 0.1) is 32.0 Å². The maximum absolute atomic E-state index is 14.1. The van der Waals surface area contributed by atoms with Crippen molar-refractivity contribution in [3.05, 3.63) is 122 Å². The minimum Gasteiger partial charge on any atom is -0.487 e. The number of esters is 1. The molecule has 10 heteroatoms. The third kappa shape index (κ3) is 6.50. The third-order valence-corrected chi connectivity index (χ3v) is 9.65. The van der Waals surface area contributed by atoms with Crippen molar-refractivity contribution in [2.75, 3.05) is 12.9 Å². The number of thiazole rings is 1. The molecule has 5 rings (SSSR count). The SMILES string of the molecule is CCOC(=O)C1=C(C)N=c2s/c(=C\c3cc(I)cc(I)c3OCc3ccccc3)c(=O)n2[C@H]1c1ccc(SC)cc1. The third-order valence-electron chi connectivity index (χ3n) is 6.50. The van der Waals surface area contributed by atoms with Crippen LogP contribution in [0, 0.1) is 7.14 Å². The van der Waals surface area contributed by atoms with Gasteiger partial charge in [0.2, 0.25) is 0 Å². The van der Waals surface area contributed by atoms with Crippen molar-refractivity contribution in [2.24, 2.45) is 4.99 Å². The van der Waals surface area contributed by atoms with Crippen molar-refractivity contribution in [3.8, 4) is 5.75 Å². The lowest BCUT2D eigenvalue weighted by molar-refractivity contribution is -0.139. The lowest BCUT2D eigenvalue weighted by Gasteiger charge is -2.24. The highest BCUT2D eigenvalue weighted by atomic mass is 127. The molecule has 0 aliphatic carbocycles. The molecular weight excluding hydrogens is 782 g/mol. The second-order valence-electron chi connectivity index (χ2n) is 9.16. The summed E-state index contributed by atoms with van der Waals surface area (Å²) in [6, 6.07) is 21.3. The zero-order valence-corrected chi connectivity index (χ0v) is 28.5. The van der Waals surface area contributed by atoms with E-state index in [1.54, 1.807) is 30.2 Å². The number of hydrogen-bond acceptors (Lipinski definition) is 7. The molecule has 0 fully saturated rings. The fourth-order valence-electron chi connectivity index (χ4n) is 4.60. The van der Waals surface area contributed by atoms with Gasteiger partial charge in [-0.2, -0.15) is 0 Å². The zero-order valence-electron chi connectivity index (χ0n) is 22.5. The molecule has 1 aliphatic heterocycles. The predicted molar refractivity (Wildman–Crippen MR) is 181 cm³/mol. The predicted octanol–water partition coefficient (Wildman–Crippen LogP) is 6.31. The standard InChI is InChI=1S/C31H26I2N2O4S2/c1-4-38-30(37)26-18(2)34-31-35(27(26)20-10-12-23(40-3)13-11-20)29(36)25(41-31)15-21-14-22(32)16-24(33)28(21)39-17-19-8-6-5-7-9-19/h5-16,27H,4,17H2,1-3H3/b25-15-/t27-/m0/s1. The molecule has 0 saturated heterocycles. The summed E-state index contributed by atoms with van der Waals surface area (Å²) in [6.07, 6.45) is 3.88. The number of rotatable bonds is 8. The number of allylic oxidation sites excluding steroid dienone is 1. The van der Waals surface area contributed by atoms with E-state index in [1.165, 1.54) is 11.3 Å². The van der Waals surface area contributed by atoms with Crippen molar-refractivity contribution >= 4 is 80.3 Å². The van der Waals surface area contributed by atoms with Gasteiger partial charge in [-0.25, -0.2) is 9.79 Å². The maximum Gasteiger partial charge on any atom is 0.338 e. The van der Waals surface area contributed by atoms with E-state index < -0.39 is 12.0 Å². The molecule has 0 amide bonds. The Hall–Kier alpha value is -2.42. The van der Waals surface area contributed by atoms with Gasteiger partial charge < -0.3 is 9.47 Å². The zero-order chi connectivity index (χ0) is 29.1. The molecule has 3 aromatic carbocycles. The smallest absolute Gasteiger partial charge is 0.338 e. The monoisotopic (exact) mass is 808 g/mol. The summed E-state index contributed by atoms with van der Waals surface area (Å²) in [6.45, 7) is 4.21. The Morgan fingerprint density at radius 1 is 1.12 bits per heavy atom. The second kappa shape index (κ2) is 13.3. The number of nitrogens with zero attached hydrogens (tertiary/aromatic N) is 2. The summed E-state index contributed by atoms with van der Waals surface area (Å²) in [5.74, 6) is 0.249. The van der Waals surface area contributed by atoms with Crippen LogP contribution >= 0.6 is 68.3 Å². The van der Waals surface area contributed by atoms with Crippen LogP contribution in [0.5, 0.6) is 5.75 Å². The van der Waals surface area contributed by atoms with Crippen LogP contribution in [-0.4, -0.2) is 23.4 Å². The Balaban J connectivity index is 1.65. The van der Waals surface area contributed by atoms with Crippen LogP contribution in [0.15, 0.2) is 92.7 Å². The van der Waals surface area contributed by atoms with Gasteiger partial charge >= 0.3 is 5.97 Å². The number of benzene rings is 3. The quantitative estimate of drug-likeness (QED) is 0.119. The van der Waals surface area contributed by atoms with Gasteiger partial charge in [0.1, 0.15) is 12.4 Å². The maximum atomic E-state index is 14.1. The Bertz CT molecular complexity index is 1810. The first-order valence-corrected chi connectivity index (χ1v) is 17.0. The number of aromatic nitrogens is 1. The molecule has 1 aliphatic rings. The number of ether oxygens (including phenoxy) is 2. The van der Waals surface area contributed by atoms with Crippen molar-refractivity contribution in [3.63, 3.8) is 0 Å². The molecule has 0 bridgehead atoms. The van der Waals surface area contributed by atoms with Crippen LogP contribution < -0.4 is 19.6 Å². The highest BCUT2D eigenvalue weighted by Gasteiger charge is 2.33. The van der Waals surface area contributed by atoms with Crippen LogP contribution in [0.25, 0.3) is 6.08 Å². The van der Waals surface area contributed by atoms with Crippen molar-refractivity contribution in [2.45, 2.75) is 31.4 Å². The molecule has 6 nitrogen and oxygen atoms in total. The number of thioether (sulfide) groups is 1. The van der Waals surface area contributed by atoms with Gasteiger partial charge in [-0.1, -0.05) is 53.8 Å². The fourth-order valence-corrected chi connectivity index (χ4v) is 8.09. The van der Waals surface area contributed by atoms with Crippen LogP contribution in [-0.2, 0) is 16.1 Å². The molecule has 1 aromatic heterocycles. The second-order valence-corrected chi connectivity index (χ2v) is 13.5. The largest absolute Gasteiger partial charge is 0.487 e. The van der Waals surface area contributed by atoms with Gasteiger partial charge in [0.15, 0.2) is 4.80 Å². The number of fused-ring (bicyclic) bond motifs is 1. The topological polar surface area (TPSA) is 69.9 Å². The number of carbonyl (C=O) groups excluding carboxylic acids is 1. The van der Waals surface area contributed by atoms with Gasteiger partial charge in [-0.3, -0.25) is 9.36 Å². The minimum atomic E-state index is -0.645. The number of hydrogen-bond donors (Lipinski definition) is 0. The van der Waals surface area contributed by atoms with Gasteiger partial charge in [0, 0.05) is 14.0 Å². The van der Waals surface area contributed by atoms with Crippen molar-refractivity contribution in [1.82, 2.24) is 4.57 Å². The molecule has 0 spiro atoms. The molecule has 210 valence electrons. The van der Waals surface area contributed by atoms with Crippen molar-refractivity contribution in [1.29, 1.82) is 0 Å². The van der Waals surface area contributed by atoms with E-state index >= 15 is 0 Å². The van der Waals surface area contributed by atoms with E-state index in [1.807, 2.05) is 79.1 Å². The Kier molecular flexibility index (Phi) is 9.72. The average Bonchev–Trinajstić information content (AvgIpc) is 3.26. The van der Waals surface area contributed by atoms with Crippen LogP contribution in [0.4, 0.5) is 0 Å². The normalized spacial score (nSPS) is 15.0. The first-order valence-electron chi connectivity index (χ1n) is 12.8. The van der Waals surface area contributed by atoms with E-state index in [9.17, 15) is 9.59 Å².